The third kappa shape index (κ3) is 2.06. The van der Waals surface area contributed by atoms with Crippen molar-refractivity contribution < 1.29 is 14.4 Å². The number of amides is 4. The molecule has 5 heteroatoms. The van der Waals surface area contributed by atoms with Gasteiger partial charge in [0.25, 0.3) is 0 Å². The molecule has 1 N–H and O–H groups in total. The van der Waals surface area contributed by atoms with Crippen molar-refractivity contribution in [2.45, 2.75) is 57.4 Å². The SMILES string of the molecule is CCC1(N2C(=O)CC(=O)NC2=O)CCCCC1. The molecular formula is C12H18N2O3. The molecule has 0 spiro atoms. The molecule has 0 unspecified atom stereocenters. The maximum absolute atomic E-state index is 11.9. The number of nitrogens with one attached hydrogen (secondary N) is 1. The average molecular weight is 238 g/mol. The third-order valence-corrected chi connectivity index (χ3v) is 3.93. The Hall–Kier alpha value is -1.39. The van der Waals surface area contributed by atoms with Gasteiger partial charge in [0.15, 0.2) is 0 Å². The molecule has 1 heterocycles. The van der Waals surface area contributed by atoms with Crippen molar-refractivity contribution in [2.24, 2.45) is 0 Å². The smallest absolute Gasteiger partial charge is 0.277 e. The second-order valence-corrected chi connectivity index (χ2v) is 4.90. The minimum Gasteiger partial charge on any atom is -0.277 e. The molecule has 0 atom stereocenters. The number of urea groups is 1. The van der Waals surface area contributed by atoms with Crippen molar-refractivity contribution in [1.82, 2.24) is 10.2 Å². The Bertz CT molecular complexity index is 339. The summed E-state index contributed by atoms with van der Waals surface area (Å²) in [6, 6.07) is -0.532. The Labute approximate surface area is 101 Å². The molecule has 1 aliphatic carbocycles. The van der Waals surface area contributed by atoms with Crippen LogP contribution in [-0.4, -0.2) is 28.3 Å². The zero-order valence-electron chi connectivity index (χ0n) is 10.1. The van der Waals surface area contributed by atoms with E-state index in [4.69, 9.17) is 0 Å². The van der Waals surface area contributed by atoms with Crippen LogP contribution in [0.25, 0.3) is 0 Å². The van der Waals surface area contributed by atoms with Gasteiger partial charge in [0, 0.05) is 0 Å². The summed E-state index contributed by atoms with van der Waals surface area (Å²) in [7, 11) is 0. The zero-order chi connectivity index (χ0) is 12.5. The number of carbonyl (C=O) groups is 3. The summed E-state index contributed by atoms with van der Waals surface area (Å²) in [4.78, 5) is 36.2. The minimum absolute atomic E-state index is 0.201. The van der Waals surface area contributed by atoms with Crippen LogP contribution in [0.3, 0.4) is 0 Å². The standard InChI is InChI=1S/C12H18N2O3/c1-2-12(6-4-3-5-7-12)14-10(16)8-9(15)13-11(14)17/h2-8H2,1H3,(H,13,15,17). The highest BCUT2D eigenvalue weighted by Crippen LogP contribution is 2.37. The monoisotopic (exact) mass is 238 g/mol. The van der Waals surface area contributed by atoms with E-state index in [0.717, 1.165) is 38.5 Å². The number of carbonyl (C=O) groups excluding carboxylic acids is 3. The number of nitrogens with zero attached hydrogens (tertiary/aromatic N) is 1. The first kappa shape index (κ1) is 12.1. The lowest BCUT2D eigenvalue weighted by atomic mass is 9.78. The van der Waals surface area contributed by atoms with Crippen molar-refractivity contribution in [1.29, 1.82) is 0 Å². The highest BCUT2D eigenvalue weighted by molar-refractivity contribution is 6.14. The summed E-state index contributed by atoms with van der Waals surface area (Å²) in [5.74, 6) is -0.833. The molecule has 1 saturated heterocycles. The van der Waals surface area contributed by atoms with Crippen molar-refractivity contribution in [3.63, 3.8) is 0 Å². The number of rotatable bonds is 2. The van der Waals surface area contributed by atoms with Gasteiger partial charge in [-0.25, -0.2) is 4.79 Å². The molecule has 0 aromatic rings. The van der Waals surface area contributed by atoms with Crippen LogP contribution in [0.4, 0.5) is 4.79 Å². The van der Waals surface area contributed by atoms with Crippen molar-refractivity contribution in [2.75, 3.05) is 0 Å². The first-order chi connectivity index (χ1) is 8.09. The van der Waals surface area contributed by atoms with E-state index in [-0.39, 0.29) is 17.9 Å². The summed E-state index contributed by atoms with van der Waals surface area (Å²) in [6.45, 7) is 2.00. The predicted octanol–water partition coefficient (Wildman–Crippen LogP) is 1.57. The van der Waals surface area contributed by atoms with Gasteiger partial charge in [0.1, 0.15) is 6.42 Å². The minimum atomic E-state index is -0.532. The fraction of sp³-hybridized carbons (Fsp3) is 0.750. The summed E-state index contributed by atoms with van der Waals surface area (Å²) < 4.78 is 0. The topological polar surface area (TPSA) is 66.5 Å². The highest BCUT2D eigenvalue weighted by atomic mass is 16.2. The zero-order valence-corrected chi connectivity index (χ0v) is 10.1. The van der Waals surface area contributed by atoms with E-state index < -0.39 is 11.9 Å². The molecule has 4 amide bonds. The molecule has 2 aliphatic rings. The van der Waals surface area contributed by atoms with E-state index in [1.165, 1.54) is 4.90 Å². The predicted molar refractivity (Wildman–Crippen MR) is 61.1 cm³/mol. The lowest BCUT2D eigenvalue weighted by molar-refractivity contribution is -0.141. The summed E-state index contributed by atoms with van der Waals surface area (Å²) in [6.07, 6.45) is 5.52. The summed E-state index contributed by atoms with van der Waals surface area (Å²) in [5, 5.41) is 2.24. The second kappa shape index (κ2) is 4.47. The molecule has 5 nitrogen and oxygen atoms in total. The molecule has 17 heavy (non-hydrogen) atoms. The van der Waals surface area contributed by atoms with Gasteiger partial charge in [0.2, 0.25) is 11.8 Å². The van der Waals surface area contributed by atoms with Gasteiger partial charge in [-0.2, -0.15) is 0 Å². The first-order valence-electron chi connectivity index (χ1n) is 6.26. The molecular weight excluding hydrogens is 220 g/mol. The average Bonchev–Trinajstić information content (AvgIpc) is 2.28. The van der Waals surface area contributed by atoms with E-state index in [1.807, 2.05) is 6.92 Å². The maximum atomic E-state index is 11.9. The molecule has 0 aromatic carbocycles. The number of hydrogen-bond acceptors (Lipinski definition) is 3. The van der Waals surface area contributed by atoms with Gasteiger partial charge >= 0.3 is 6.03 Å². The van der Waals surface area contributed by atoms with E-state index in [1.54, 1.807) is 0 Å². The van der Waals surface area contributed by atoms with Gasteiger partial charge in [-0.05, 0) is 19.3 Å². The normalized spacial score (nSPS) is 24.8. The quantitative estimate of drug-likeness (QED) is 0.742. The van der Waals surface area contributed by atoms with Crippen LogP contribution >= 0.6 is 0 Å². The van der Waals surface area contributed by atoms with Crippen LogP contribution in [0.5, 0.6) is 0 Å². The van der Waals surface area contributed by atoms with Gasteiger partial charge in [-0.15, -0.1) is 0 Å². The first-order valence-corrected chi connectivity index (χ1v) is 6.26. The molecule has 1 saturated carbocycles. The Morgan fingerprint density at radius 2 is 1.82 bits per heavy atom. The molecule has 2 rings (SSSR count). The van der Waals surface area contributed by atoms with E-state index in [2.05, 4.69) is 5.32 Å². The van der Waals surface area contributed by atoms with Crippen LogP contribution in [-0.2, 0) is 9.59 Å². The second-order valence-electron chi connectivity index (χ2n) is 4.90. The molecule has 2 fully saturated rings. The Balaban J connectivity index is 2.26. The van der Waals surface area contributed by atoms with Gasteiger partial charge in [-0.3, -0.25) is 19.8 Å². The fourth-order valence-corrected chi connectivity index (χ4v) is 2.97. The molecule has 1 aliphatic heterocycles. The summed E-state index contributed by atoms with van der Waals surface area (Å²) >= 11 is 0. The largest absolute Gasteiger partial charge is 0.331 e. The van der Waals surface area contributed by atoms with E-state index >= 15 is 0 Å². The van der Waals surface area contributed by atoms with Crippen molar-refractivity contribution >= 4 is 17.8 Å². The Morgan fingerprint density at radius 1 is 1.18 bits per heavy atom. The van der Waals surface area contributed by atoms with Crippen LogP contribution in [0.15, 0.2) is 0 Å². The van der Waals surface area contributed by atoms with Gasteiger partial charge in [-0.1, -0.05) is 26.2 Å². The van der Waals surface area contributed by atoms with Crippen LogP contribution in [0, 0.1) is 0 Å². The molecule has 0 bridgehead atoms. The van der Waals surface area contributed by atoms with Crippen LogP contribution < -0.4 is 5.32 Å². The third-order valence-electron chi connectivity index (χ3n) is 3.93. The van der Waals surface area contributed by atoms with Gasteiger partial charge < -0.3 is 0 Å². The highest BCUT2D eigenvalue weighted by Gasteiger charge is 2.45. The molecule has 94 valence electrons. The van der Waals surface area contributed by atoms with Crippen LogP contribution in [0.1, 0.15) is 51.9 Å². The van der Waals surface area contributed by atoms with E-state index in [0.29, 0.717) is 0 Å². The Morgan fingerprint density at radius 3 is 2.35 bits per heavy atom. The molecule has 0 radical (unpaired) electrons. The summed E-state index contributed by atoms with van der Waals surface area (Å²) in [5.41, 5.74) is -0.361. The van der Waals surface area contributed by atoms with E-state index in [9.17, 15) is 14.4 Å². The lowest BCUT2D eigenvalue weighted by Crippen LogP contribution is -2.62. The maximum Gasteiger partial charge on any atom is 0.331 e. The molecule has 0 aromatic heterocycles. The number of barbiturate groups is 1. The lowest BCUT2D eigenvalue weighted by Gasteiger charge is -2.45. The fourth-order valence-electron chi connectivity index (χ4n) is 2.97. The number of hydrogen-bond donors (Lipinski definition) is 1. The Kier molecular flexibility index (Phi) is 3.17. The number of imide groups is 2. The van der Waals surface area contributed by atoms with Crippen molar-refractivity contribution in [3.05, 3.63) is 0 Å². The van der Waals surface area contributed by atoms with Gasteiger partial charge in [0.05, 0.1) is 5.54 Å². The van der Waals surface area contributed by atoms with Crippen LogP contribution in [0.2, 0.25) is 0 Å². The van der Waals surface area contributed by atoms with Crippen molar-refractivity contribution in [3.8, 4) is 0 Å².